The molecular weight excluding hydrogens is 324 g/mol. The molecule has 24 heavy (non-hydrogen) atoms. The molecule has 1 N–H and O–H groups in total. The SMILES string of the molecule is CN(C)c1ncccc1OC1CCN(C(=O)NCc2ccsc2)C1. The molecule has 0 aliphatic carbocycles. The number of nitrogens with zero attached hydrogens (tertiary/aromatic N) is 3. The van der Waals surface area contributed by atoms with Gasteiger partial charge in [0.25, 0.3) is 0 Å². The summed E-state index contributed by atoms with van der Waals surface area (Å²) in [6.45, 7) is 1.87. The Bertz CT molecular complexity index is 675. The summed E-state index contributed by atoms with van der Waals surface area (Å²) in [5.41, 5.74) is 1.13. The monoisotopic (exact) mass is 346 g/mol. The number of likely N-dealkylation sites (tertiary alicyclic amines) is 1. The van der Waals surface area contributed by atoms with Gasteiger partial charge in [-0.3, -0.25) is 0 Å². The second kappa shape index (κ2) is 7.53. The molecule has 2 aromatic rings. The molecule has 128 valence electrons. The van der Waals surface area contributed by atoms with Gasteiger partial charge >= 0.3 is 6.03 Å². The van der Waals surface area contributed by atoms with Gasteiger partial charge < -0.3 is 19.9 Å². The van der Waals surface area contributed by atoms with Crippen LogP contribution in [-0.2, 0) is 6.54 Å². The van der Waals surface area contributed by atoms with Crippen molar-refractivity contribution in [2.45, 2.75) is 19.1 Å². The van der Waals surface area contributed by atoms with E-state index < -0.39 is 0 Å². The number of rotatable bonds is 5. The predicted molar refractivity (Wildman–Crippen MR) is 95.7 cm³/mol. The van der Waals surface area contributed by atoms with Crippen molar-refractivity contribution in [2.75, 3.05) is 32.1 Å². The average molecular weight is 346 g/mol. The van der Waals surface area contributed by atoms with Crippen LogP contribution in [-0.4, -0.2) is 49.2 Å². The van der Waals surface area contributed by atoms with Crippen LogP contribution in [0.4, 0.5) is 10.6 Å². The normalized spacial score (nSPS) is 16.9. The highest BCUT2D eigenvalue weighted by Crippen LogP contribution is 2.26. The Morgan fingerprint density at radius 3 is 3.12 bits per heavy atom. The van der Waals surface area contributed by atoms with Crippen LogP contribution in [0.2, 0.25) is 0 Å². The summed E-state index contributed by atoms with van der Waals surface area (Å²) >= 11 is 1.63. The zero-order chi connectivity index (χ0) is 16.9. The summed E-state index contributed by atoms with van der Waals surface area (Å²) in [5.74, 6) is 1.56. The van der Waals surface area contributed by atoms with E-state index in [-0.39, 0.29) is 12.1 Å². The zero-order valence-corrected chi connectivity index (χ0v) is 14.8. The van der Waals surface area contributed by atoms with Gasteiger partial charge in [-0.15, -0.1) is 0 Å². The maximum absolute atomic E-state index is 12.3. The Balaban J connectivity index is 1.53. The number of hydrogen-bond donors (Lipinski definition) is 1. The Hall–Kier alpha value is -2.28. The van der Waals surface area contributed by atoms with Gasteiger partial charge in [0.2, 0.25) is 0 Å². The maximum atomic E-state index is 12.3. The van der Waals surface area contributed by atoms with Crippen molar-refractivity contribution in [2.24, 2.45) is 0 Å². The average Bonchev–Trinajstić information content (AvgIpc) is 3.24. The number of pyridine rings is 1. The number of thiophene rings is 1. The van der Waals surface area contributed by atoms with E-state index in [1.54, 1.807) is 17.5 Å². The first-order valence-electron chi connectivity index (χ1n) is 7.96. The van der Waals surface area contributed by atoms with E-state index in [1.807, 2.05) is 52.9 Å². The quantitative estimate of drug-likeness (QED) is 0.904. The summed E-state index contributed by atoms with van der Waals surface area (Å²) in [4.78, 5) is 20.3. The number of amides is 2. The molecule has 1 fully saturated rings. The van der Waals surface area contributed by atoms with Gasteiger partial charge in [-0.25, -0.2) is 9.78 Å². The lowest BCUT2D eigenvalue weighted by Gasteiger charge is -2.20. The van der Waals surface area contributed by atoms with Crippen LogP contribution in [0, 0.1) is 0 Å². The van der Waals surface area contributed by atoms with E-state index in [9.17, 15) is 4.79 Å². The molecule has 0 bridgehead atoms. The minimum absolute atomic E-state index is 0.000187. The van der Waals surface area contributed by atoms with Crippen molar-refractivity contribution in [1.82, 2.24) is 15.2 Å². The van der Waals surface area contributed by atoms with Crippen LogP contribution >= 0.6 is 11.3 Å². The summed E-state index contributed by atoms with van der Waals surface area (Å²) in [6, 6.07) is 5.77. The van der Waals surface area contributed by atoms with Gasteiger partial charge in [0.15, 0.2) is 11.6 Å². The van der Waals surface area contributed by atoms with E-state index >= 15 is 0 Å². The first-order chi connectivity index (χ1) is 11.6. The fourth-order valence-electron chi connectivity index (χ4n) is 2.68. The molecule has 2 amide bonds. The smallest absolute Gasteiger partial charge is 0.317 e. The maximum Gasteiger partial charge on any atom is 0.317 e. The van der Waals surface area contributed by atoms with Gasteiger partial charge in [0.05, 0.1) is 6.54 Å². The van der Waals surface area contributed by atoms with Crippen molar-refractivity contribution in [3.05, 3.63) is 40.7 Å². The van der Waals surface area contributed by atoms with E-state index in [0.29, 0.717) is 19.6 Å². The van der Waals surface area contributed by atoms with Crippen molar-refractivity contribution < 1.29 is 9.53 Å². The van der Waals surface area contributed by atoms with Crippen molar-refractivity contribution in [1.29, 1.82) is 0 Å². The van der Waals surface area contributed by atoms with Crippen LogP contribution in [0.5, 0.6) is 5.75 Å². The zero-order valence-electron chi connectivity index (χ0n) is 13.9. The number of urea groups is 1. The van der Waals surface area contributed by atoms with Gasteiger partial charge in [0.1, 0.15) is 6.10 Å². The van der Waals surface area contributed by atoms with Gasteiger partial charge in [-0.2, -0.15) is 11.3 Å². The topological polar surface area (TPSA) is 57.7 Å². The minimum Gasteiger partial charge on any atom is -0.485 e. The van der Waals surface area contributed by atoms with E-state index in [1.165, 1.54) is 0 Å². The lowest BCUT2D eigenvalue weighted by atomic mass is 10.3. The minimum atomic E-state index is -0.0358. The molecule has 1 saturated heterocycles. The molecule has 6 nitrogen and oxygen atoms in total. The molecule has 2 aromatic heterocycles. The van der Waals surface area contributed by atoms with Crippen LogP contribution in [0.15, 0.2) is 35.2 Å². The highest BCUT2D eigenvalue weighted by molar-refractivity contribution is 7.07. The number of carbonyl (C=O) groups excluding carboxylic acids is 1. The molecule has 0 aromatic carbocycles. The number of hydrogen-bond acceptors (Lipinski definition) is 5. The third-order valence-corrected chi connectivity index (χ3v) is 4.66. The number of ether oxygens (including phenoxy) is 1. The standard InChI is InChI=1S/C17H22N4O2S/c1-20(2)16-15(4-3-7-18-16)23-14-5-8-21(11-14)17(22)19-10-13-6-9-24-12-13/h3-4,6-7,9,12,14H,5,8,10-11H2,1-2H3,(H,19,22). The van der Waals surface area contributed by atoms with Crippen molar-refractivity contribution in [3.8, 4) is 5.75 Å². The molecular formula is C17H22N4O2S. The van der Waals surface area contributed by atoms with Gasteiger partial charge in [-0.1, -0.05) is 0 Å². The largest absolute Gasteiger partial charge is 0.485 e. The first kappa shape index (κ1) is 16.6. The third kappa shape index (κ3) is 3.97. The van der Waals surface area contributed by atoms with Crippen LogP contribution in [0.1, 0.15) is 12.0 Å². The summed E-state index contributed by atoms with van der Waals surface area (Å²) in [7, 11) is 3.88. The summed E-state index contributed by atoms with van der Waals surface area (Å²) < 4.78 is 6.07. The molecule has 1 aliphatic rings. The highest BCUT2D eigenvalue weighted by Gasteiger charge is 2.28. The fraction of sp³-hybridized carbons (Fsp3) is 0.412. The number of anilines is 1. The fourth-order valence-corrected chi connectivity index (χ4v) is 3.35. The van der Waals surface area contributed by atoms with Crippen LogP contribution < -0.4 is 15.0 Å². The Labute approximate surface area is 146 Å². The van der Waals surface area contributed by atoms with Crippen LogP contribution in [0.25, 0.3) is 0 Å². The summed E-state index contributed by atoms with van der Waals surface area (Å²) in [6.07, 6.45) is 2.58. The number of nitrogens with one attached hydrogen (secondary N) is 1. The van der Waals surface area contributed by atoms with E-state index in [4.69, 9.17) is 4.74 Å². The molecule has 1 unspecified atom stereocenters. The van der Waals surface area contributed by atoms with Crippen LogP contribution in [0.3, 0.4) is 0 Å². The predicted octanol–water partition coefficient (Wildman–Crippen LogP) is 2.57. The number of aromatic nitrogens is 1. The number of carbonyl (C=O) groups is 1. The van der Waals surface area contributed by atoms with Gasteiger partial charge in [-0.05, 0) is 34.5 Å². The molecule has 0 saturated carbocycles. The van der Waals surface area contributed by atoms with Crippen molar-refractivity contribution in [3.63, 3.8) is 0 Å². The molecule has 3 heterocycles. The Morgan fingerprint density at radius 2 is 2.38 bits per heavy atom. The molecule has 0 spiro atoms. The second-order valence-electron chi connectivity index (χ2n) is 5.98. The van der Waals surface area contributed by atoms with E-state index in [2.05, 4.69) is 10.3 Å². The molecule has 3 rings (SSSR count). The third-order valence-electron chi connectivity index (χ3n) is 3.92. The first-order valence-corrected chi connectivity index (χ1v) is 8.90. The lowest BCUT2D eigenvalue weighted by Crippen LogP contribution is -2.39. The molecule has 7 heteroatoms. The highest BCUT2D eigenvalue weighted by atomic mass is 32.1. The van der Waals surface area contributed by atoms with Gasteiger partial charge in [0, 0.05) is 39.8 Å². The molecule has 0 radical (unpaired) electrons. The second-order valence-corrected chi connectivity index (χ2v) is 6.76. The Kier molecular flexibility index (Phi) is 5.20. The molecule has 1 atom stereocenters. The van der Waals surface area contributed by atoms with E-state index in [0.717, 1.165) is 23.6 Å². The molecule has 1 aliphatic heterocycles. The Morgan fingerprint density at radius 1 is 1.50 bits per heavy atom. The van der Waals surface area contributed by atoms with Crippen molar-refractivity contribution >= 4 is 23.2 Å². The lowest BCUT2D eigenvalue weighted by molar-refractivity contribution is 0.186. The summed E-state index contributed by atoms with van der Waals surface area (Å²) in [5, 5.41) is 7.01.